The Morgan fingerprint density at radius 1 is 1.17 bits per heavy atom. The van der Waals surface area contributed by atoms with Gasteiger partial charge in [-0.15, -0.1) is 11.3 Å². The number of nitrogens with zero attached hydrogens (tertiary/aromatic N) is 2. The quantitative estimate of drug-likeness (QED) is 0.677. The molecule has 0 unspecified atom stereocenters. The smallest absolute Gasteiger partial charge is 0.225 e. The summed E-state index contributed by atoms with van der Waals surface area (Å²) < 4.78 is 2.01. The lowest BCUT2D eigenvalue weighted by Gasteiger charge is -2.05. The highest BCUT2D eigenvalue weighted by Crippen LogP contribution is 2.27. The van der Waals surface area contributed by atoms with Crippen LogP contribution in [0.1, 0.15) is 11.3 Å². The van der Waals surface area contributed by atoms with Crippen LogP contribution in [0.25, 0.3) is 10.4 Å². The summed E-state index contributed by atoms with van der Waals surface area (Å²) >= 11 is 1.68. The second kappa shape index (κ2) is 7.74. The predicted octanol–water partition coefficient (Wildman–Crippen LogP) is 3.36. The van der Waals surface area contributed by atoms with Gasteiger partial charge in [-0.3, -0.25) is 4.79 Å². The van der Waals surface area contributed by atoms with Crippen molar-refractivity contribution in [3.8, 4) is 10.4 Å². The fourth-order valence-corrected chi connectivity index (χ4v) is 3.37. The van der Waals surface area contributed by atoms with Gasteiger partial charge in [-0.2, -0.15) is 0 Å². The fourth-order valence-electron chi connectivity index (χ4n) is 2.36. The number of aromatic nitrogens is 2. The van der Waals surface area contributed by atoms with Crippen LogP contribution < -0.4 is 5.32 Å². The van der Waals surface area contributed by atoms with Crippen LogP contribution in [0.5, 0.6) is 0 Å². The molecule has 1 aromatic carbocycles. The lowest BCUT2D eigenvalue weighted by Crippen LogP contribution is -2.26. The Balaban J connectivity index is 1.44. The van der Waals surface area contributed by atoms with E-state index in [0.717, 1.165) is 17.8 Å². The number of thiophene rings is 1. The number of carbonyl (C=O) groups is 1. The summed E-state index contributed by atoms with van der Waals surface area (Å²) in [5.74, 6) is 0.0806. The van der Waals surface area contributed by atoms with Gasteiger partial charge in [0.05, 0.1) is 12.7 Å². The largest absolute Gasteiger partial charge is 0.356 e. The third kappa shape index (κ3) is 4.53. The van der Waals surface area contributed by atoms with Crippen molar-refractivity contribution >= 4 is 17.2 Å². The third-order valence-corrected chi connectivity index (χ3v) is 4.66. The zero-order chi connectivity index (χ0) is 15.9. The molecule has 0 bridgehead atoms. The molecule has 118 valence electrons. The molecule has 2 heterocycles. The summed E-state index contributed by atoms with van der Waals surface area (Å²) in [6.07, 6.45) is 6.83. The second-order valence-electron chi connectivity index (χ2n) is 5.31. The second-order valence-corrected chi connectivity index (χ2v) is 6.48. The first kappa shape index (κ1) is 15.5. The number of aryl methyl sites for hydroxylation is 1. The van der Waals surface area contributed by atoms with Crippen molar-refractivity contribution in [1.82, 2.24) is 14.9 Å². The lowest BCUT2D eigenvalue weighted by molar-refractivity contribution is -0.120. The van der Waals surface area contributed by atoms with Gasteiger partial charge in [0.25, 0.3) is 0 Å². The maximum atomic E-state index is 12.0. The summed E-state index contributed by atoms with van der Waals surface area (Å²) in [6.45, 7) is 1.56. The minimum Gasteiger partial charge on any atom is -0.356 e. The van der Waals surface area contributed by atoms with Crippen LogP contribution >= 0.6 is 11.3 Å². The van der Waals surface area contributed by atoms with Crippen molar-refractivity contribution in [2.24, 2.45) is 0 Å². The van der Waals surface area contributed by atoms with Gasteiger partial charge >= 0.3 is 0 Å². The molecule has 0 aliphatic carbocycles. The number of rotatable bonds is 7. The van der Waals surface area contributed by atoms with E-state index >= 15 is 0 Å². The van der Waals surface area contributed by atoms with Crippen LogP contribution in [0.3, 0.4) is 0 Å². The van der Waals surface area contributed by atoms with E-state index in [0.29, 0.717) is 13.0 Å². The SMILES string of the molecule is O=C(Cc1ccc(-c2ccccc2)s1)NCCCn1ccnc1. The number of hydrogen-bond donors (Lipinski definition) is 1. The molecule has 0 aliphatic heterocycles. The van der Waals surface area contributed by atoms with Crippen LogP contribution in [-0.4, -0.2) is 22.0 Å². The van der Waals surface area contributed by atoms with E-state index < -0.39 is 0 Å². The molecule has 0 spiro atoms. The molecule has 0 saturated heterocycles. The third-order valence-electron chi connectivity index (χ3n) is 3.53. The minimum atomic E-state index is 0.0806. The average molecular weight is 325 g/mol. The van der Waals surface area contributed by atoms with Gasteiger partial charge < -0.3 is 9.88 Å². The van der Waals surface area contributed by atoms with Crippen LogP contribution in [0.2, 0.25) is 0 Å². The molecule has 1 N–H and O–H groups in total. The molecule has 4 nitrogen and oxygen atoms in total. The van der Waals surface area contributed by atoms with E-state index in [1.165, 1.54) is 10.4 Å². The molecule has 23 heavy (non-hydrogen) atoms. The number of nitrogens with one attached hydrogen (secondary N) is 1. The maximum absolute atomic E-state index is 12.0. The van der Waals surface area contributed by atoms with Crippen LogP contribution in [0, 0.1) is 0 Å². The molecule has 5 heteroatoms. The summed E-state index contributed by atoms with van der Waals surface area (Å²) in [4.78, 5) is 18.3. The predicted molar refractivity (Wildman–Crippen MR) is 93.3 cm³/mol. The Bertz CT molecular complexity index is 735. The molecule has 0 saturated carbocycles. The van der Waals surface area contributed by atoms with Gasteiger partial charge in [0.15, 0.2) is 0 Å². The van der Waals surface area contributed by atoms with E-state index in [1.807, 2.05) is 35.0 Å². The highest BCUT2D eigenvalue weighted by molar-refractivity contribution is 7.15. The van der Waals surface area contributed by atoms with Crippen LogP contribution in [-0.2, 0) is 17.8 Å². The molecule has 0 aliphatic rings. The van der Waals surface area contributed by atoms with Gasteiger partial charge in [0, 0.05) is 35.2 Å². The van der Waals surface area contributed by atoms with Crippen molar-refractivity contribution in [3.63, 3.8) is 0 Å². The van der Waals surface area contributed by atoms with Crippen molar-refractivity contribution in [3.05, 3.63) is 66.1 Å². The molecule has 0 radical (unpaired) electrons. The minimum absolute atomic E-state index is 0.0806. The number of amides is 1. The van der Waals surface area contributed by atoms with E-state index in [4.69, 9.17) is 0 Å². The summed E-state index contributed by atoms with van der Waals surface area (Å²) in [5.41, 5.74) is 1.20. The highest BCUT2D eigenvalue weighted by Gasteiger charge is 2.07. The zero-order valence-corrected chi connectivity index (χ0v) is 13.6. The summed E-state index contributed by atoms with van der Waals surface area (Å²) in [6, 6.07) is 14.4. The van der Waals surface area contributed by atoms with Gasteiger partial charge in [-0.25, -0.2) is 4.98 Å². The maximum Gasteiger partial charge on any atom is 0.225 e. The Labute approximate surface area is 139 Å². The van der Waals surface area contributed by atoms with Crippen molar-refractivity contribution in [2.75, 3.05) is 6.54 Å². The summed E-state index contributed by atoms with van der Waals surface area (Å²) in [5, 5.41) is 2.98. The topological polar surface area (TPSA) is 46.9 Å². The first-order valence-electron chi connectivity index (χ1n) is 7.68. The normalized spacial score (nSPS) is 10.6. The highest BCUT2D eigenvalue weighted by atomic mass is 32.1. The van der Waals surface area contributed by atoms with E-state index in [-0.39, 0.29) is 5.91 Å². The standard InChI is InChI=1S/C18H19N3OS/c22-18(20-9-4-11-21-12-10-19-14-21)13-16-7-8-17(23-16)15-5-2-1-3-6-15/h1-3,5-8,10,12,14H,4,9,11,13H2,(H,20,22). The Morgan fingerprint density at radius 3 is 2.83 bits per heavy atom. The molecule has 3 aromatic rings. The molecule has 2 aromatic heterocycles. The lowest BCUT2D eigenvalue weighted by atomic mass is 10.2. The van der Waals surface area contributed by atoms with Crippen LogP contribution in [0.4, 0.5) is 0 Å². The van der Waals surface area contributed by atoms with Gasteiger partial charge in [-0.1, -0.05) is 30.3 Å². The molecule has 0 atom stereocenters. The number of imidazole rings is 1. The van der Waals surface area contributed by atoms with Gasteiger partial charge in [0.2, 0.25) is 5.91 Å². The monoisotopic (exact) mass is 325 g/mol. The Kier molecular flexibility index (Phi) is 5.21. The molecular weight excluding hydrogens is 306 g/mol. The number of hydrogen-bond acceptors (Lipinski definition) is 3. The number of carbonyl (C=O) groups excluding carboxylic acids is 1. The van der Waals surface area contributed by atoms with Gasteiger partial charge in [-0.05, 0) is 24.1 Å². The van der Waals surface area contributed by atoms with Gasteiger partial charge in [0.1, 0.15) is 0 Å². The van der Waals surface area contributed by atoms with Crippen LogP contribution in [0.15, 0.2) is 61.2 Å². The molecule has 1 amide bonds. The zero-order valence-electron chi connectivity index (χ0n) is 12.8. The van der Waals surface area contributed by atoms with E-state index in [9.17, 15) is 4.79 Å². The number of benzene rings is 1. The molecular formula is C18H19N3OS. The van der Waals surface area contributed by atoms with Crippen molar-refractivity contribution in [2.45, 2.75) is 19.4 Å². The average Bonchev–Trinajstić information content (AvgIpc) is 3.24. The van der Waals surface area contributed by atoms with E-state index in [2.05, 4.69) is 28.5 Å². The first-order chi connectivity index (χ1) is 11.3. The summed E-state index contributed by atoms with van der Waals surface area (Å²) in [7, 11) is 0. The molecule has 3 rings (SSSR count). The Hall–Kier alpha value is -2.40. The fraction of sp³-hybridized carbons (Fsp3) is 0.222. The van der Waals surface area contributed by atoms with Crippen molar-refractivity contribution in [1.29, 1.82) is 0 Å². The molecule has 0 fully saturated rings. The first-order valence-corrected chi connectivity index (χ1v) is 8.49. The van der Waals surface area contributed by atoms with E-state index in [1.54, 1.807) is 23.9 Å². The Morgan fingerprint density at radius 2 is 2.04 bits per heavy atom. The van der Waals surface area contributed by atoms with Crippen molar-refractivity contribution < 1.29 is 4.79 Å².